The van der Waals surface area contributed by atoms with Gasteiger partial charge in [-0.25, -0.2) is 4.98 Å². The fourth-order valence-corrected chi connectivity index (χ4v) is 3.16. The summed E-state index contributed by atoms with van der Waals surface area (Å²) in [7, 11) is 3.91. The number of likely N-dealkylation sites (N-methyl/N-ethyl adjacent to an activating group) is 1. The number of hydrogen-bond acceptors (Lipinski definition) is 3. The van der Waals surface area contributed by atoms with Gasteiger partial charge in [-0.1, -0.05) is 30.3 Å². The van der Waals surface area contributed by atoms with Crippen LogP contribution in [0.5, 0.6) is 0 Å². The molecular weight excluding hydrogens is 331 g/mol. The molecule has 1 aromatic carbocycles. The zero-order valence-electron chi connectivity index (χ0n) is 15.5. The van der Waals surface area contributed by atoms with Gasteiger partial charge in [-0.3, -0.25) is 9.20 Å². The van der Waals surface area contributed by atoms with Crippen LogP contribution in [0.2, 0.25) is 0 Å². The molecule has 26 heavy (non-hydrogen) atoms. The van der Waals surface area contributed by atoms with Gasteiger partial charge in [-0.2, -0.15) is 4.39 Å². The maximum absolute atomic E-state index is 14.6. The first-order chi connectivity index (χ1) is 12.4. The highest BCUT2D eigenvalue weighted by molar-refractivity contribution is 5.93. The summed E-state index contributed by atoms with van der Waals surface area (Å²) in [6, 6.07) is 13.3. The molecule has 1 amide bonds. The van der Waals surface area contributed by atoms with Crippen LogP contribution in [0.25, 0.3) is 5.65 Å². The Bertz CT molecular complexity index is 948. The molecule has 0 saturated heterocycles. The van der Waals surface area contributed by atoms with E-state index in [2.05, 4.69) is 10.3 Å². The Morgan fingerprint density at radius 2 is 1.92 bits per heavy atom. The summed E-state index contributed by atoms with van der Waals surface area (Å²) in [6.45, 7) is 4.18. The minimum Gasteiger partial charge on any atom is -0.349 e. The van der Waals surface area contributed by atoms with Gasteiger partial charge in [0.15, 0.2) is 5.69 Å². The molecule has 0 saturated carbocycles. The van der Waals surface area contributed by atoms with E-state index in [4.69, 9.17) is 0 Å². The zero-order chi connectivity index (χ0) is 18.8. The average molecular weight is 354 g/mol. The fourth-order valence-electron chi connectivity index (χ4n) is 3.16. The van der Waals surface area contributed by atoms with Crippen LogP contribution in [0.4, 0.5) is 4.39 Å². The van der Waals surface area contributed by atoms with E-state index in [1.54, 1.807) is 25.1 Å². The number of nitrogens with zero attached hydrogens (tertiary/aromatic N) is 3. The van der Waals surface area contributed by atoms with Crippen LogP contribution in [0.3, 0.4) is 0 Å². The summed E-state index contributed by atoms with van der Waals surface area (Å²) in [4.78, 5) is 18.7. The van der Waals surface area contributed by atoms with Gasteiger partial charge < -0.3 is 10.2 Å². The lowest BCUT2D eigenvalue weighted by molar-refractivity contribution is 0.0932. The lowest BCUT2D eigenvalue weighted by atomic mass is 10.0. The molecule has 0 aliphatic heterocycles. The second-order valence-corrected chi connectivity index (χ2v) is 6.66. The molecule has 0 unspecified atom stereocenters. The number of halogens is 1. The zero-order valence-corrected chi connectivity index (χ0v) is 15.5. The van der Waals surface area contributed by atoms with Crippen molar-refractivity contribution in [1.82, 2.24) is 19.6 Å². The second kappa shape index (κ2) is 7.25. The number of aromatic nitrogens is 2. The van der Waals surface area contributed by atoms with Crippen molar-refractivity contribution in [3.05, 3.63) is 70.9 Å². The van der Waals surface area contributed by atoms with Crippen molar-refractivity contribution in [3.8, 4) is 0 Å². The third-order valence-electron chi connectivity index (χ3n) is 4.62. The lowest BCUT2D eigenvalue weighted by Crippen LogP contribution is -2.35. The summed E-state index contributed by atoms with van der Waals surface area (Å²) < 4.78 is 16.0. The lowest BCUT2D eigenvalue weighted by Gasteiger charge is -2.26. The van der Waals surface area contributed by atoms with Gasteiger partial charge >= 0.3 is 0 Å². The van der Waals surface area contributed by atoms with Crippen molar-refractivity contribution in [1.29, 1.82) is 0 Å². The van der Waals surface area contributed by atoms with E-state index < -0.39 is 11.9 Å². The number of amides is 1. The van der Waals surface area contributed by atoms with Gasteiger partial charge in [0.05, 0.1) is 6.04 Å². The first kappa shape index (κ1) is 18.1. The number of pyridine rings is 1. The van der Waals surface area contributed by atoms with Crippen LogP contribution in [0.1, 0.15) is 33.4 Å². The minimum absolute atomic E-state index is 0.0121. The molecular formula is C20H23FN4O. The molecule has 2 heterocycles. The number of aryl methyl sites for hydroxylation is 2. The second-order valence-electron chi connectivity index (χ2n) is 6.66. The minimum atomic E-state index is -0.632. The van der Waals surface area contributed by atoms with Gasteiger partial charge in [-0.15, -0.1) is 0 Å². The first-order valence-electron chi connectivity index (χ1n) is 8.54. The smallest absolute Gasteiger partial charge is 0.274 e. The number of fused-ring (bicyclic) bond motifs is 1. The number of hydrogen-bond donors (Lipinski definition) is 1. The molecule has 0 bridgehead atoms. The first-order valence-corrected chi connectivity index (χ1v) is 8.54. The molecule has 0 aliphatic rings. The normalized spacial score (nSPS) is 12.5. The number of imidazole rings is 1. The highest BCUT2D eigenvalue weighted by Crippen LogP contribution is 2.21. The number of carbonyl (C=O) groups is 1. The molecule has 0 fully saturated rings. The highest BCUT2D eigenvalue weighted by Gasteiger charge is 2.22. The van der Waals surface area contributed by atoms with E-state index >= 15 is 0 Å². The molecule has 0 spiro atoms. The number of nitrogens with one attached hydrogen (secondary N) is 1. The van der Waals surface area contributed by atoms with Crippen molar-refractivity contribution >= 4 is 11.6 Å². The van der Waals surface area contributed by atoms with Crippen LogP contribution in [0, 0.1) is 19.8 Å². The summed E-state index contributed by atoms with van der Waals surface area (Å²) in [6.07, 6.45) is 0. The van der Waals surface area contributed by atoms with Crippen LogP contribution in [-0.2, 0) is 0 Å². The topological polar surface area (TPSA) is 49.6 Å². The van der Waals surface area contributed by atoms with Crippen molar-refractivity contribution in [2.24, 2.45) is 0 Å². The molecule has 5 nitrogen and oxygen atoms in total. The number of carbonyl (C=O) groups excluding carboxylic acids is 1. The van der Waals surface area contributed by atoms with Crippen molar-refractivity contribution in [2.75, 3.05) is 20.6 Å². The van der Waals surface area contributed by atoms with Gasteiger partial charge in [-0.05, 0) is 51.2 Å². The van der Waals surface area contributed by atoms with Gasteiger partial charge in [0.1, 0.15) is 5.65 Å². The van der Waals surface area contributed by atoms with Gasteiger partial charge in [0, 0.05) is 12.2 Å². The molecule has 0 aliphatic carbocycles. The molecule has 0 radical (unpaired) electrons. The Morgan fingerprint density at radius 3 is 2.58 bits per heavy atom. The molecule has 1 N–H and O–H groups in total. The summed E-state index contributed by atoms with van der Waals surface area (Å²) >= 11 is 0. The molecule has 3 rings (SSSR count). The van der Waals surface area contributed by atoms with Crippen molar-refractivity contribution in [3.63, 3.8) is 0 Å². The predicted molar refractivity (Wildman–Crippen MR) is 99.8 cm³/mol. The van der Waals surface area contributed by atoms with Gasteiger partial charge in [0.2, 0.25) is 5.95 Å². The predicted octanol–water partition coefficient (Wildman–Crippen LogP) is 3.12. The van der Waals surface area contributed by atoms with E-state index in [0.29, 0.717) is 17.9 Å². The van der Waals surface area contributed by atoms with E-state index in [1.807, 2.05) is 50.2 Å². The number of benzene rings is 1. The molecule has 6 heteroatoms. The summed E-state index contributed by atoms with van der Waals surface area (Å²) in [5.74, 6) is -1.14. The SMILES string of the molecule is Cc1ccccc1[C@H](CNC(=O)c1nc2cccc(C)n2c1F)N(C)C. The maximum atomic E-state index is 14.6. The average Bonchev–Trinajstić information content (AvgIpc) is 2.94. The van der Waals surface area contributed by atoms with Gasteiger partial charge in [0.25, 0.3) is 5.91 Å². The van der Waals surface area contributed by atoms with E-state index in [-0.39, 0.29) is 11.7 Å². The van der Waals surface area contributed by atoms with Crippen LogP contribution < -0.4 is 5.32 Å². The maximum Gasteiger partial charge on any atom is 0.274 e. The monoisotopic (exact) mass is 354 g/mol. The highest BCUT2D eigenvalue weighted by atomic mass is 19.1. The van der Waals surface area contributed by atoms with E-state index in [9.17, 15) is 9.18 Å². The van der Waals surface area contributed by atoms with E-state index in [0.717, 1.165) is 11.1 Å². The van der Waals surface area contributed by atoms with Crippen LogP contribution in [-0.4, -0.2) is 40.8 Å². The molecule has 2 aromatic heterocycles. The van der Waals surface area contributed by atoms with E-state index in [1.165, 1.54) is 4.40 Å². The van der Waals surface area contributed by atoms with Crippen LogP contribution in [0.15, 0.2) is 42.5 Å². The Labute approximate surface area is 152 Å². The van der Waals surface area contributed by atoms with Crippen molar-refractivity contribution < 1.29 is 9.18 Å². The van der Waals surface area contributed by atoms with Crippen LogP contribution >= 0.6 is 0 Å². The Kier molecular flexibility index (Phi) is 5.04. The molecule has 136 valence electrons. The quantitative estimate of drug-likeness (QED) is 0.766. The fraction of sp³-hybridized carbons (Fsp3) is 0.300. The molecule has 1 atom stereocenters. The molecule has 3 aromatic rings. The third-order valence-corrected chi connectivity index (χ3v) is 4.62. The summed E-state index contributed by atoms with van der Waals surface area (Å²) in [5, 5.41) is 2.83. The Morgan fingerprint density at radius 1 is 1.19 bits per heavy atom. The third kappa shape index (κ3) is 3.32. The Hall–Kier alpha value is -2.73. The van der Waals surface area contributed by atoms with Crippen molar-refractivity contribution in [2.45, 2.75) is 19.9 Å². The summed E-state index contributed by atoms with van der Waals surface area (Å²) in [5.41, 5.74) is 3.22. The number of rotatable bonds is 5. The largest absolute Gasteiger partial charge is 0.349 e. The standard InChI is InChI=1S/C20H23FN4O/c1-13-8-5-6-10-15(13)16(24(3)4)12-22-20(26)18-19(21)25-14(2)9-7-11-17(25)23-18/h5-11,16H,12H2,1-4H3,(H,22,26)/t16-/m0/s1. The Balaban J connectivity index is 1.83.